The number of aromatic nitrogens is 2. The standard InChI is InChI=1S/C11H8F3IN2O/c12-11(13,14)18-9-3-1-8(2-4-9)7-17-6-5-10(15)16-17/h1-6H,7H2. The van der Waals surface area contributed by atoms with Crippen LogP contribution in [0.15, 0.2) is 36.5 Å². The molecule has 2 rings (SSSR count). The first kappa shape index (κ1) is 13.2. The van der Waals surface area contributed by atoms with Crippen molar-refractivity contribution in [1.29, 1.82) is 0 Å². The molecule has 0 aliphatic carbocycles. The van der Waals surface area contributed by atoms with Gasteiger partial charge in [0.25, 0.3) is 0 Å². The topological polar surface area (TPSA) is 27.1 Å². The van der Waals surface area contributed by atoms with Crippen LogP contribution in [0.1, 0.15) is 5.56 Å². The second-order valence-corrected chi connectivity index (χ2v) is 4.63. The summed E-state index contributed by atoms with van der Waals surface area (Å²) in [4.78, 5) is 0. The second kappa shape index (κ2) is 5.17. The van der Waals surface area contributed by atoms with Crippen molar-refractivity contribution < 1.29 is 17.9 Å². The number of nitrogens with zero attached hydrogens (tertiary/aromatic N) is 2. The summed E-state index contributed by atoms with van der Waals surface area (Å²) in [5, 5.41) is 4.18. The van der Waals surface area contributed by atoms with Crippen molar-refractivity contribution in [3.63, 3.8) is 0 Å². The minimum Gasteiger partial charge on any atom is -0.406 e. The molecule has 0 amide bonds. The molecule has 0 radical (unpaired) electrons. The largest absolute Gasteiger partial charge is 0.573 e. The Bertz CT molecular complexity index is 522. The van der Waals surface area contributed by atoms with Gasteiger partial charge in [0, 0.05) is 6.20 Å². The number of halogens is 4. The Morgan fingerprint density at radius 2 is 1.83 bits per heavy atom. The molecule has 0 saturated heterocycles. The van der Waals surface area contributed by atoms with E-state index in [1.165, 1.54) is 12.1 Å². The van der Waals surface area contributed by atoms with Crippen LogP contribution in [0.3, 0.4) is 0 Å². The Morgan fingerprint density at radius 3 is 2.33 bits per heavy atom. The predicted molar refractivity (Wildman–Crippen MR) is 67.2 cm³/mol. The minimum absolute atomic E-state index is 0.221. The number of hydrogen-bond acceptors (Lipinski definition) is 2. The summed E-state index contributed by atoms with van der Waals surface area (Å²) in [5.41, 5.74) is 0.851. The third-order valence-corrected chi connectivity index (χ3v) is 2.68. The first-order chi connectivity index (χ1) is 8.42. The van der Waals surface area contributed by atoms with Gasteiger partial charge in [0.15, 0.2) is 0 Å². The Balaban J connectivity index is 2.04. The first-order valence-electron chi connectivity index (χ1n) is 4.96. The summed E-state index contributed by atoms with van der Waals surface area (Å²) in [6.07, 6.45) is -2.85. The van der Waals surface area contributed by atoms with Crippen LogP contribution in [0.4, 0.5) is 13.2 Å². The fourth-order valence-electron chi connectivity index (χ4n) is 1.41. The van der Waals surface area contributed by atoms with Gasteiger partial charge in [-0.1, -0.05) is 12.1 Å². The fourth-order valence-corrected chi connectivity index (χ4v) is 1.85. The van der Waals surface area contributed by atoms with E-state index in [1.807, 2.05) is 12.3 Å². The van der Waals surface area contributed by atoms with E-state index in [-0.39, 0.29) is 5.75 Å². The molecule has 0 saturated carbocycles. The van der Waals surface area contributed by atoms with Crippen LogP contribution in [0.5, 0.6) is 5.75 Å². The SMILES string of the molecule is FC(F)(F)Oc1ccc(Cn2ccc(I)n2)cc1. The lowest BCUT2D eigenvalue weighted by atomic mass is 10.2. The van der Waals surface area contributed by atoms with Crippen molar-refractivity contribution in [2.45, 2.75) is 12.9 Å². The zero-order valence-corrected chi connectivity index (χ0v) is 11.1. The van der Waals surface area contributed by atoms with Crippen molar-refractivity contribution in [3.05, 3.63) is 45.8 Å². The van der Waals surface area contributed by atoms with Gasteiger partial charge in [-0.3, -0.25) is 4.68 Å². The van der Waals surface area contributed by atoms with E-state index in [9.17, 15) is 13.2 Å². The molecule has 0 spiro atoms. The van der Waals surface area contributed by atoms with E-state index in [1.54, 1.807) is 16.8 Å². The minimum atomic E-state index is -4.65. The van der Waals surface area contributed by atoms with Crippen LogP contribution in [0.25, 0.3) is 0 Å². The van der Waals surface area contributed by atoms with Crippen molar-refractivity contribution in [2.24, 2.45) is 0 Å². The Morgan fingerprint density at radius 1 is 1.17 bits per heavy atom. The maximum absolute atomic E-state index is 12.0. The molecule has 96 valence electrons. The van der Waals surface area contributed by atoms with Gasteiger partial charge in [0.1, 0.15) is 9.45 Å². The molecule has 1 aromatic carbocycles. The summed E-state index contributed by atoms with van der Waals surface area (Å²) < 4.78 is 42.2. The summed E-state index contributed by atoms with van der Waals surface area (Å²) in [7, 11) is 0. The van der Waals surface area contributed by atoms with Gasteiger partial charge >= 0.3 is 6.36 Å². The Labute approximate surface area is 115 Å². The third kappa shape index (κ3) is 3.90. The highest BCUT2D eigenvalue weighted by Crippen LogP contribution is 2.22. The number of ether oxygens (including phenoxy) is 1. The van der Waals surface area contributed by atoms with Gasteiger partial charge in [0.2, 0.25) is 0 Å². The molecule has 2 aromatic rings. The molecule has 1 aromatic heterocycles. The zero-order valence-electron chi connectivity index (χ0n) is 8.99. The lowest BCUT2D eigenvalue weighted by molar-refractivity contribution is -0.274. The number of hydrogen-bond donors (Lipinski definition) is 0. The number of rotatable bonds is 3. The molecule has 0 N–H and O–H groups in total. The highest BCUT2D eigenvalue weighted by atomic mass is 127. The quantitative estimate of drug-likeness (QED) is 0.777. The number of alkyl halides is 3. The van der Waals surface area contributed by atoms with Gasteiger partial charge in [-0.05, 0) is 46.4 Å². The van der Waals surface area contributed by atoms with E-state index in [0.29, 0.717) is 6.54 Å². The van der Waals surface area contributed by atoms with E-state index >= 15 is 0 Å². The molecule has 0 atom stereocenters. The van der Waals surface area contributed by atoms with Gasteiger partial charge in [-0.15, -0.1) is 13.2 Å². The van der Waals surface area contributed by atoms with Crippen LogP contribution in [0, 0.1) is 3.70 Å². The van der Waals surface area contributed by atoms with Crippen LogP contribution in [0.2, 0.25) is 0 Å². The monoisotopic (exact) mass is 368 g/mol. The lowest BCUT2D eigenvalue weighted by Crippen LogP contribution is -2.17. The molecule has 0 aliphatic heterocycles. The summed E-state index contributed by atoms with van der Waals surface area (Å²) in [6.45, 7) is 0.509. The van der Waals surface area contributed by atoms with E-state index in [0.717, 1.165) is 9.26 Å². The highest BCUT2D eigenvalue weighted by molar-refractivity contribution is 14.1. The fraction of sp³-hybridized carbons (Fsp3) is 0.182. The molecule has 0 unspecified atom stereocenters. The summed E-state index contributed by atoms with van der Waals surface area (Å²) in [5.74, 6) is -0.221. The summed E-state index contributed by atoms with van der Waals surface area (Å²) in [6, 6.07) is 7.58. The molecule has 1 heterocycles. The molecular weight excluding hydrogens is 360 g/mol. The second-order valence-electron chi connectivity index (χ2n) is 3.53. The van der Waals surface area contributed by atoms with E-state index in [2.05, 4.69) is 32.4 Å². The van der Waals surface area contributed by atoms with Gasteiger partial charge < -0.3 is 4.74 Å². The van der Waals surface area contributed by atoms with Crippen LogP contribution >= 0.6 is 22.6 Å². The maximum Gasteiger partial charge on any atom is 0.573 e. The third-order valence-electron chi connectivity index (χ3n) is 2.11. The van der Waals surface area contributed by atoms with Gasteiger partial charge in [-0.2, -0.15) is 5.10 Å². The van der Waals surface area contributed by atoms with Gasteiger partial charge in [-0.25, -0.2) is 0 Å². The Hall–Kier alpha value is -1.25. The predicted octanol–water partition coefficient (Wildman–Crippen LogP) is 3.43. The molecule has 7 heteroatoms. The average molecular weight is 368 g/mol. The lowest BCUT2D eigenvalue weighted by Gasteiger charge is -2.09. The van der Waals surface area contributed by atoms with Crippen LogP contribution in [-0.4, -0.2) is 16.1 Å². The van der Waals surface area contributed by atoms with Gasteiger partial charge in [0.05, 0.1) is 6.54 Å². The Kier molecular flexibility index (Phi) is 3.79. The van der Waals surface area contributed by atoms with E-state index < -0.39 is 6.36 Å². The first-order valence-corrected chi connectivity index (χ1v) is 6.04. The van der Waals surface area contributed by atoms with Crippen molar-refractivity contribution in [1.82, 2.24) is 9.78 Å². The van der Waals surface area contributed by atoms with Crippen LogP contribution in [-0.2, 0) is 6.54 Å². The molecule has 3 nitrogen and oxygen atoms in total. The highest BCUT2D eigenvalue weighted by Gasteiger charge is 2.30. The molecule has 18 heavy (non-hydrogen) atoms. The molecule has 0 aliphatic rings. The molecular formula is C11H8F3IN2O. The average Bonchev–Trinajstić information content (AvgIpc) is 2.65. The number of benzene rings is 1. The van der Waals surface area contributed by atoms with Crippen LogP contribution < -0.4 is 4.74 Å². The summed E-state index contributed by atoms with van der Waals surface area (Å²) >= 11 is 2.09. The van der Waals surface area contributed by atoms with Crippen molar-refractivity contribution >= 4 is 22.6 Å². The zero-order chi connectivity index (χ0) is 13.2. The van der Waals surface area contributed by atoms with E-state index in [4.69, 9.17) is 0 Å². The normalized spacial score (nSPS) is 11.6. The maximum atomic E-state index is 12.0. The molecule has 0 fully saturated rings. The van der Waals surface area contributed by atoms with Crippen molar-refractivity contribution in [2.75, 3.05) is 0 Å². The molecule has 0 bridgehead atoms. The smallest absolute Gasteiger partial charge is 0.406 e. The van der Waals surface area contributed by atoms with Crippen molar-refractivity contribution in [3.8, 4) is 5.75 Å².